The van der Waals surface area contributed by atoms with Gasteiger partial charge in [-0.3, -0.25) is 0 Å². The summed E-state index contributed by atoms with van der Waals surface area (Å²) in [7, 11) is 0. The first-order valence-electron chi connectivity index (χ1n) is 7.26. The Morgan fingerprint density at radius 2 is 1.80 bits per heavy atom. The van der Waals surface area contributed by atoms with Crippen LogP contribution in [-0.2, 0) is 13.2 Å². The number of hydrogen-bond donors (Lipinski definition) is 1. The molecule has 0 spiro atoms. The van der Waals surface area contributed by atoms with Crippen LogP contribution < -0.4 is 10.1 Å². The predicted octanol–water partition coefficient (Wildman–Crippen LogP) is 4.07. The van der Waals surface area contributed by atoms with Crippen LogP contribution in [0.15, 0.2) is 48.5 Å². The van der Waals surface area contributed by atoms with Gasteiger partial charge in [-0.15, -0.1) is 0 Å². The molecule has 2 rings (SSSR count). The van der Waals surface area contributed by atoms with Crippen LogP contribution in [0.3, 0.4) is 0 Å². The summed E-state index contributed by atoms with van der Waals surface area (Å²) in [5.41, 5.74) is 3.78. The number of benzene rings is 2. The van der Waals surface area contributed by atoms with Crippen molar-refractivity contribution in [2.75, 3.05) is 6.54 Å². The summed E-state index contributed by atoms with van der Waals surface area (Å²) in [4.78, 5) is 0. The number of ether oxygens (including phenoxy) is 1. The quantitative estimate of drug-likeness (QED) is 0.765. The fourth-order valence-corrected chi connectivity index (χ4v) is 2.14. The van der Waals surface area contributed by atoms with Crippen molar-refractivity contribution < 1.29 is 4.74 Å². The lowest BCUT2D eigenvalue weighted by molar-refractivity contribution is 0.304. The highest BCUT2D eigenvalue weighted by molar-refractivity contribution is 5.30. The van der Waals surface area contributed by atoms with Crippen LogP contribution >= 0.6 is 0 Å². The molecule has 0 saturated heterocycles. The zero-order chi connectivity index (χ0) is 14.2. The molecule has 20 heavy (non-hydrogen) atoms. The molecule has 0 fully saturated rings. The Morgan fingerprint density at radius 1 is 1.00 bits per heavy atom. The fraction of sp³-hybridized carbons (Fsp3) is 0.333. The molecule has 0 atom stereocenters. The molecular formula is C18H23NO. The largest absolute Gasteiger partial charge is 0.489 e. The number of rotatable bonds is 7. The van der Waals surface area contributed by atoms with Gasteiger partial charge in [0.1, 0.15) is 12.4 Å². The molecule has 0 heterocycles. The molecule has 0 aliphatic carbocycles. The number of nitrogens with one attached hydrogen (secondary N) is 1. The van der Waals surface area contributed by atoms with Crippen LogP contribution in [0.2, 0.25) is 0 Å². The number of hydrogen-bond acceptors (Lipinski definition) is 2. The Morgan fingerprint density at radius 3 is 2.55 bits per heavy atom. The molecule has 0 unspecified atom stereocenters. The van der Waals surface area contributed by atoms with Crippen LogP contribution in [0.1, 0.15) is 30.0 Å². The molecule has 2 aromatic carbocycles. The van der Waals surface area contributed by atoms with Gasteiger partial charge in [-0.25, -0.2) is 0 Å². The van der Waals surface area contributed by atoms with Gasteiger partial charge in [0, 0.05) is 6.54 Å². The minimum atomic E-state index is 0.618. The molecular weight excluding hydrogens is 246 g/mol. The van der Waals surface area contributed by atoms with Crippen LogP contribution in [0.25, 0.3) is 0 Å². The van der Waals surface area contributed by atoms with Crippen LogP contribution in [0, 0.1) is 6.92 Å². The monoisotopic (exact) mass is 269 g/mol. The van der Waals surface area contributed by atoms with Crippen LogP contribution in [0.4, 0.5) is 0 Å². The third kappa shape index (κ3) is 4.39. The van der Waals surface area contributed by atoms with Gasteiger partial charge in [0.15, 0.2) is 0 Å². The van der Waals surface area contributed by atoms with E-state index in [0.29, 0.717) is 6.61 Å². The maximum Gasteiger partial charge on any atom is 0.120 e. The minimum absolute atomic E-state index is 0.618. The SMILES string of the molecule is CCCNCc1ccccc1COc1cccc(C)c1. The van der Waals surface area contributed by atoms with Gasteiger partial charge in [0.05, 0.1) is 0 Å². The molecule has 0 aromatic heterocycles. The molecule has 2 aromatic rings. The van der Waals surface area contributed by atoms with Gasteiger partial charge in [0.25, 0.3) is 0 Å². The van der Waals surface area contributed by atoms with Crippen molar-refractivity contribution >= 4 is 0 Å². The smallest absolute Gasteiger partial charge is 0.120 e. The van der Waals surface area contributed by atoms with Gasteiger partial charge in [-0.2, -0.15) is 0 Å². The Kier molecular flexibility index (Phi) is 5.63. The maximum absolute atomic E-state index is 5.89. The van der Waals surface area contributed by atoms with Crippen LogP contribution in [-0.4, -0.2) is 6.54 Å². The molecule has 0 amide bonds. The summed E-state index contributed by atoms with van der Waals surface area (Å²) in [6.45, 7) is 6.83. The minimum Gasteiger partial charge on any atom is -0.489 e. The van der Waals surface area contributed by atoms with Crippen molar-refractivity contribution in [3.05, 3.63) is 65.2 Å². The second kappa shape index (κ2) is 7.71. The van der Waals surface area contributed by atoms with Crippen molar-refractivity contribution in [3.8, 4) is 5.75 Å². The molecule has 0 saturated carbocycles. The third-order valence-corrected chi connectivity index (χ3v) is 3.24. The summed E-state index contributed by atoms with van der Waals surface area (Å²) in [5.74, 6) is 0.932. The first kappa shape index (κ1) is 14.6. The van der Waals surface area contributed by atoms with E-state index in [1.165, 1.54) is 16.7 Å². The topological polar surface area (TPSA) is 21.3 Å². The molecule has 0 aliphatic heterocycles. The van der Waals surface area contributed by atoms with Crippen LogP contribution in [0.5, 0.6) is 5.75 Å². The molecule has 0 radical (unpaired) electrons. The first-order valence-corrected chi connectivity index (χ1v) is 7.26. The standard InChI is InChI=1S/C18H23NO/c1-3-11-19-13-16-8-4-5-9-17(16)14-20-18-10-6-7-15(2)12-18/h4-10,12,19H,3,11,13-14H2,1-2H3. The van der Waals surface area contributed by atoms with Gasteiger partial charge in [-0.1, -0.05) is 43.3 Å². The van der Waals surface area contributed by atoms with E-state index in [9.17, 15) is 0 Å². The highest BCUT2D eigenvalue weighted by Gasteiger charge is 2.02. The van der Waals surface area contributed by atoms with Crippen molar-refractivity contribution in [1.82, 2.24) is 5.32 Å². The second-order valence-electron chi connectivity index (χ2n) is 5.05. The molecule has 2 nitrogen and oxygen atoms in total. The highest BCUT2D eigenvalue weighted by Crippen LogP contribution is 2.16. The molecule has 0 aliphatic rings. The summed E-state index contributed by atoms with van der Waals surface area (Å²) in [5, 5.41) is 3.44. The van der Waals surface area contributed by atoms with Gasteiger partial charge >= 0.3 is 0 Å². The number of aryl methyl sites for hydroxylation is 1. The highest BCUT2D eigenvalue weighted by atomic mass is 16.5. The van der Waals surface area contributed by atoms with E-state index >= 15 is 0 Å². The lowest BCUT2D eigenvalue weighted by Crippen LogP contribution is -2.15. The average Bonchev–Trinajstić information content (AvgIpc) is 2.47. The van der Waals surface area contributed by atoms with E-state index in [-0.39, 0.29) is 0 Å². The summed E-state index contributed by atoms with van der Waals surface area (Å²) in [6.07, 6.45) is 1.15. The van der Waals surface area contributed by atoms with Crippen molar-refractivity contribution in [2.24, 2.45) is 0 Å². The fourth-order valence-electron chi connectivity index (χ4n) is 2.14. The third-order valence-electron chi connectivity index (χ3n) is 3.24. The van der Waals surface area contributed by atoms with E-state index < -0.39 is 0 Å². The van der Waals surface area contributed by atoms with Gasteiger partial charge < -0.3 is 10.1 Å². The lowest BCUT2D eigenvalue weighted by Gasteiger charge is -2.12. The van der Waals surface area contributed by atoms with Crippen molar-refractivity contribution in [3.63, 3.8) is 0 Å². The lowest BCUT2D eigenvalue weighted by atomic mass is 10.1. The second-order valence-corrected chi connectivity index (χ2v) is 5.05. The Balaban J connectivity index is 1.98. The van der Waals surface area contributed by atoms with E-state index in [2.05, 4.69) is 55.6 Å². The molecule has 0 bridgehead atoms. The Bertz CT molecular complexity index is 536. The van der Waals surface area contributed by atoms with E-state index in [0.717, 1.165) is 25.3 Å². The van der Waals surface area contributed by atoms with Crippen molar-refractivity contribution in [2.45, 2.75) is 33.4 Å². The first-order chi connectivity index (χ1) is 9.79. The van der Waals surface area contributed by atoms with E-state index in [4.69, 9.17) is 4.74 Å². The Hall–Kier alpha value is -1.80. The normalized spacial score (nSPS) is 10.5. The summed E-state index contributed by atoms with van der Waals surface area (Å²) < 4.78 is 5.89. The molecule has 2 heteroatoms. The van der Waals surface area contributed by atoms with E-state index in [1.54, 1.807) is 0 Å². The maximum atomic E-state index is 5.89. The summed E-state index contributed by atoms with van der Waals surface area (Å²) >= 11 is 0. The van der Waals surface area contributed by atoms with E-state index in [1.807, 2.05) is 12.1 Å². The molecule has 1 N–H and O–H groups in total. The van der Waals surface area contributed by atoms with Gasteiger partial charge in [0.2, 0.25) is 0 Å². The molecule has 106 valence electrons. The Labute approximate surface area is 121 Å². The van der Waals surface area contributed by atoms with Crippen molar-refractivity contribution in [1.29, 1.82) is 0 Å². The zero-order valence-electron chi connectivity index (χ0n) is 12.4. The zero-order valence-corrected chi connectivity index (χ0v) is 12.4. The van der Waals surface area contributed by atoms with Gasteiger partial charge in [-0.05, 0) is 48.7 Å². The average molecular weight is 269 g/mol. The predicted molar refractivity (Wildman–Crippen MR) is 84.0 cm³/mol. The summed E-state index contributed by atoms with van der Waals surface area (Å²) in [6, 6.07) is 16.6.